The van der Waals surface area contributed by atoms with Crippen molar-refractivity contribution in [2.24, 2.45) is 5.92 Å². The molecule has 7 nitrogen and oxygen atoms in total. The van der Waals surface area contributed by atoms with Crippen molar-refractivity contribution in [1.29, 1.82) is 0 Å². The third-order valence-corrected chi connectivity index (χ3v) is 3.81. The zero-order valence-electron chi connectivity index (χ0n) is 13.6. The minimum Gasteiger partial charge on any atom is -0.396 e. The Morgan fingerprint density at radius 2 is 2.12 bits per heavy atom. The average molecular weight is 337 g/mol. The number of aromatic nitrogens is 4. The molecular formula is C18H19N5O2. The Hall–Kier alpha value is -3.06. The molecule has 3 aromatic rings. The number of hydrogen-bond acceptors (Lipinski definition) is 5. The van der Waals surface area contributed by atoms with Crippen molar-refractivity contribution in [3.63, 3.8) is 0 Å². The van der Waals surface area contributed by atoms with E-state index in [-0.39, 0.29) is 18.4 Å². The first-order chi connectivity index (χ1) is 12.3. The molecule has 7 heteroatoms. The SMILES string of the molecule is O=C(NCC(CO)Cc1ccccn1)c1ccc(-n2ccnc2)nc1. The Morgan fingerprint density at radius 3 is 2.76 bits per heavy atom. The second kappa shape index (κ2) is 8.16. The van der Waals surface area contributed by atoms with E-state index in [0.717, 1.165) is 5.69 Å². The quantitative estimate of drug-likeness (QED) is 0.677. The van der Waals surface area contributed by atoms with Gasteiger partial charge in [-0.05, 0) is 30.7 Å². The number of aliphatic hydroxyl groups is 1. The third-order valence-electron chi connectivity index (χ3n) is 3.81. The van der Waals surface area contributed by atoms with Gasteiger partial charge in [-0.2, -0.15) is 0 Å². The van der Waals surface area contributed by atoms with Crippen LogP contribution < -0.4 is 5.32 Å². The first-order valence-electron chi connectivity index (χ1n) is 7.99. The molecule has 1 unspecified atom stereocenters. The molecule has 2 N–H and O–H groups in total. The summed E-state index contributed by atoms with van der Waals surface area (Å²) in [7, 11) is 0. The molecule has 3 rings (SSSR count). The highest BCUT2D eigenvalue weighted by Crippen LogP contribution is 2.07. The second-order valence-corrected chi connectivity index (χ2v) is 5.66. The van der Waals surface area contributed by atoms with Crippen LogP contribution in [0, 0.1) is 5.92 Å². The van der Waals surface area contributed by atoms with Gasteiger partial charge in [-0.25, -0.2) is 9.97 Å². The van der Waals surface area contributed by atoms with Crippen LogP contribution in [-0.4, -0.2) is 43.7 Å². The molecule has 0 saturated carbocycles. The smallest absolute Gasteiger partial charge is 0.252 e. The minimum atomic E-state index is -0.218. The molecule has 0 bridgehead atoms. The summed E-state index contributed by atoms with van der Waals surface area (Å²) in [6, 6.07) is 9.13. The number of amides is 1. The van der Waals surface area contributed by atoms with Gasteiger partial charge >= 0.3 is 0 Å². The molecule has 1 atom stereocenters. The molecule has 0 fully saturated rings. The Balaban J connectivity index is 1.56. The lowest BCUT2D eigenvalue weighted by molar-refractivity contribution is 0.0939. The summed E-state index contributed by atoms with van der Waals surface area (Å²) >= 11 is 0. The highest BCUT2D eigenvalue weighted by atomic mass is 16.3. The molecule has 3 aromatic heterocycles. The molecule has 0 aliphatic heterocycles. The van der Waals surface area contributed by atoms with Crippen LogP contribution in [0.3, 0.4) is 0 Å². The van der Waals surface area contributed by atoms with Crippen molar-refractivity contribution < 1.29 is 9.90 Å². The first-order valence-corrected chi connectivity index (χ1v) is 7.99. The molecule has 0 aromatic carbocycles. The average Bonchev–Trinajstić information content (AvgIpc) is 3.20. The summed E-state index contributed by atoms with van der Waals surface area (Å²) < 4.78 is 1.76. The number of aliphatic hydroxyl groups excluding tert-OH is 1. The number of carbonyl (C=O) groups is 1. The van der Waals surface area contributed by atoms with Crippen LogP contribution in [0.15, 0.2) is 61.4 Å². The van der Waals surface area contributed by atoms with Crippen LogP contribution in [0.2, 0.25) is 0 Å². The van der Waals surface area contributed by atoms with E-state index < -0.39 is 0 Å². The number of imidazole rings is 1. The molecule has 128 valence electrons. The van der Waals surface area contributed by atoms with Gasteiger partial charge < -0.3 is 10.4 Å². The van der Waals surface area contributed by atoms with Crippen molar-refractivity contribution in [3.05, 3.63) is 72.7 Å². The molecule has 0 aliphatic carbocycles. The molecular weight excluding hydrogens is 318 g/mol. The number of rotatable bonds is 7. The van der Waals surface area contributed by atoms with Gasteiger partial charge in [0.15, 0.2) is 0 Å². The predicted octanol–water partition coefficient (Wildman–Crippen LogP) is 1.24. The Kier molecular flexibility index (Phi) is 5.48. The highest BCUT2D eigenvalue weighted by molar-refractivity contribution is 5.93. The van der Waals surface area contributed by atoms with Crippen molar-refractivity contribution in [2.45, 2.75) is 6.42 Å². The molecule has 0 aliphatic rings. The van der Waals surface area contributed by atoms with E-state index in [4.69, 9.17) is 0 Å². The maximum Gasteiger partial charge on any atom is 0.252 e. The molecule has 0 radical (unpaired) electrons. The van der Waals surface area contributed by atoms with E-state index in [1.807, 2.05) is 18.2 Å². The number of nitrogens with one attached hydrogen (secondary N) is 1. The number of pyridine rings is 2. The fourth-order valence-corrected chi connectivity index (χ4v) is 2.42. The fourth-order valence-electron chi connectivity index (χ4n) is 2.42. The van der Waals surface area contributed by atoms with E-state index in [0.29, 0.717) is 24.3 Å². The Labute approximate surface area is 145 Å². The van der Waals surface area contributed by atoms with Gasteiger partial charge in [-0.1, -0.05) is 6.07 Å². The van der Waals surface area contributed by atoms with Crippen LogP contribution in [0.5, 0.6) is 0 Å². The molecule has 0 saturated heterocycles. The largest absolute Gasteiger partial charge is 0.396 e. The summed E-state index contributed by atoms with van der Waals surface area (Å²) in [5.74, 6) is 0.388. The van der Waals surface area contributed by atoms with E-state index in [9.17, 15) is 9.90 Å². The van der Waals surface area contributed by atoms with Gasteiger partial charge in [-0.15, -0.1) is 0 Å². The minimum absolute atomic E-state index is 0.0192. The van der Waals surface area contributed by atoms with Gasteiger partial charge in [0.25, 0.3) is 5.91 Å². The first kappa shape index (κ1) is 16.8. The van der Waals surface area contributed by atoms with Crippen LogP contribution in [-0.2, 0) is 6.42 Å². The van der Waals surface area contributed by atoms with Crippen LogP contribution >= 0.6 is 0 Å². The molecule has 0 spiro atoms. The van der Waals surface area contributed by atoms with Crippen LogP contribution in [0.4, 0.5) is 0 Å². The summed E-state index contributed by atoms with van der Waals surface area (Å²) in [4.78, 5) is 24.7. The summed E-state index contributed by atoms with van der Waals surface area (Å²) in [6.07, 6.45) is 8.94. The Morgan fingerprint density at radius 1 is 1.20 bits per heavy atom. The molecule has 1 amide bonds. The standard InChI is InChI=1S/C18H19N5O2/c24-12-14(9-16-3-1-2-6-20-16)10-22-18(25)15-4-5-17(21-11-15)23-8-7-19-13-23/h1-8,11,13-14,24H,9-10,12H2,(H,22,25). The lowest BCUT2D eigenvalue weighted by Crippen LogP contribution is -2.32. The lowest BCUT2D eigenvalue weighted by Gasteiger charge is -2.14. The fraction of sp³-hybridized carbons (Fsp3) is 0.222. The van der Waals surface area contributed by atoms with Crippen LogP contribution in [0.25, 0.3) is 5.82 Å². The van der Waals surface area contributed by atoms with Gasteiger partial charge in [-0.3, -0.25) is 14.3 Å². The van der Waals surface area contributed by atoms with Gasteiger partial charge in [0.1, 0.15) is 12.1 Å². The number of carbonyl (C=O) groups excluding carboxylic acids is 1. The third kappa shape index (κ3) is 4.48. The maximum absolute atomic E-state index is 12.2. The zero-order chi connectivity index (χ0) is 17.5. The topological polar surface area (TPSA) is 92.9 Å². The van der Waals surface area contributed by atoms with Crippen molar-refractivity contribution in [2.75, 3.05) is 13.2 Å². The van der Waals surface area contributed by atoms with Crippen molar-refractivity contribution >= 4 is 5.91 Å². The van der Waals surface area contributed by atoms with Crippen molar-refractivity contribution in [1.82, 2.24) is 24.8 Å². The molecule has 3 heterocycles. The van der Waals surface area contributed by atoms with E-state index in [1.54, 1.807) is 41.6 Å². The lowest BCUT2D eigenvalue weighted by atomic mass is 10.0. The summed E-state index contributed by atoms with van der Waals surface area (Å²) in [6.45, 7) is 0.351. The van der Waals surface area contributed by atoms with Gasteiger partial charge in [0.2, 0.25) is 0 Å². The van der Waals surface area contributed by atoms with E-state index in [1.165, 1.54) is 6.20 Å². The zero-order valence-corrected chi connectivity index (χ0v) is 13.6. The molecule has 25 heavy (non-hydrogen) atoms. The predicted molar refractivity (Wildman–Crippen MR) is 92.2 cm³/mol. The highest BCUT2D eigenvalue weighted by Gasteiger charge is 2.13. The monoisotopic (exact) mass is 337 g/mol. The maximum atomic E-state index is 12.2. The number of nitrogens with zero attached hydrogens (tertiary/aromatic N) is 4. The normalized spacial score (nSPS) is 11.9. The summed E-state index contributed by atoms with van der Waals surface area (Å²) in [5.41, 5.74) is 1.36. The van der Waals surface area contributed by atoms with Crippen LogP contribution in [0.1, 0.15) is 16.1 Å². The second-order valence-electron chi connectivity index (χ2n) is 5.66. The summed E-state index contributed by atoms with van der Waals surface area (Å²) in [5, 5.41) is 12.4. The van der Waals surface area contributed by atoms with Gasteiger partial charge in [0.05, 0.1) is 5.56 Å². The van der Waals surface area contributed by atoms with Crippen molar-refractivity contribution in [3.8, 4) is 5.82 Å². The number of hydrogen-bond donors (Lipinski definition) is 2. The Bertz CT molecular complexity index is 788. The van der Waals surface area contributed by atoms with Gasteiger partial charge in [0, 0.05) is 49.6 Å². The van der Waals surface area contributed by atoms with E-state index >= 15 is 0 Å². The van der Waals surface area contributed by atoms with E-state index in [2.05, 4.69) is 20.3 Å².